The van der Waals surface area contributed by atoms with E-state index in [1.165, 1.54) is 32.2 Å². The fourth-order valence-corrected chi connectivity index (χ4v) is 1.43. The van der Waals surface area contributed by atoms with Crippen molar-refractivity contribution in [3.05, 3.63) is 28.5 Å². The van der Waals surface area contributed by atoms with E-state index in [-0.39, 0.29) is 11.1 Å². The summed E-state index contributed by atoms with van der Waals surface area (Å²) < 4.78 is 22.8. The summed E-state index contributed by atoms with van der Waals surface area (Å²) in [5.41, 5.74) is -1.74. The summed E-state index contributed by atoms with van der Waals surface area (Å²) in [5, 5.41) is 9.68. The van der Waals surface area contributed by atoms with Gasteiger partial charge in [-0.1, -0.05) is 0 Å². The van der Waals surface area contributed by atoms with Crippen LogP contribution in [-0.4, -0.2) is 30.4 Å². The third-order valence-corrected chi connectivity index (χ3v) is 2.64. The molecule has 0 fully saturated rings. The van der Waals surface area contributed by atoms with Crippen molar-refractivity contribution in [2.45, 2.75) is 12.5 Å². The second-order valence-electron chi connectivity index (χ2n) is 3.63. The number of carbonyl (C=O) groups is 1. The molecule has 94 valence electrons. The normalized spacial score (nSPS) is 13.9. The molecule has 4 nitrogen and oxygen atoms in total. The Hall–Kier alpha value is -1.14. The van der Waals surface area contributed by atoms with Gasteiger partial charge in [0.05, 0.1) is 11.6 Å². The Morgan fingerprint density at radius 3 is 2.76 bits per heavy atom. The van der Waals surface area contributed by atoms with E-state index in [1.54, 1.807) is 0 Å². The minimum Gasteiger partial charge on any atom is -0.490 e. The fourth-order valence-electron chi connectivity index (χ4n) is 1.07. The van der Waals surface area contributed by atoms with Crippen molar-refractivity contribution < 1.29 is 23.8 Å². The highest BCUT2D eigenvalue weighted by Crippen LogP contribution is 2.22. The molecule has 17 heavy (non-hydrogen) atoms. The number of aliphatic hydroxyl groups is 1. The van der Waals surface area contributed by atoms with Crippen molar-refractivity contribution in [1.29, 1.82) is 0 Å². The predicted molar refractivity (Wildman–Crippen MR) is 62.2 cm³/mol. The molecule has 1 N–H and O–H groups in total. The molecule has 0 saturated carbocycles. The maximum atomic E-state index is 12.9. The van der Waals surface area contributed by atoms with Crippen LogP contribution >= 0.6 is 15.9 Å². The average Bonchev–Trinajstić information content (AvgIpc) is 2.29. The molecule has 1 atom stereocenters. The SMILES string of the molecule is COC(=O)C(C)(O)COc1ccc(F)c(Br)c1. The largest absolute Gasteiger partial charge is 0.490 e. The number of carbonyl (C=O) groups excluding carboxylic acids is 1. The minimum absolute atomic E-state index is 0.243. The molecule has 0 amide bonds. The van der Waals surface area contributed by atoms with E-state index in [1.807, 2.05) is 0 Å². The van der Waals surface area contributed by atoms with Crippen LogP contribution in [0.2, 0.25) is 0 Å². The quantitative estimate of drug-likeness (QED) is 0.863. The van der Waals surface area contributed by atoms with Gasteiger partial charge in [0.2, 0.25) is 0 Å². The fraction of sp³-hybridized carbons (Fsp3) is 0.364. The summed E-state index contributed by atoms with van der Waals surface area (Å²) in [6.07, 6.45) is 0. The molecule has 6 heteroatoms. The Labute approximate surface area is 106 Å². The number of hydrogen-bond donors (Lipinski definition) is 1. The lowest BCUT2D eigenvalue weighted by Crippen LogP contribution is -2.42. The Morgan fingerprint density at radius 2 is 2.24 bits per heavy atom. The van der Waals surface area contributed by atoms with Crippen LogP contribution in [0.25, 0.3) is 0 Å². The zero-order valence-electron chi connectivity index (χ0n) is 9.37. The first-order chi connectivity index (χ1) is 7.86. The molecule has 0 aliphatic heterocycles. The summed E-state index contributed by atoms with van der Waals surface area (Å²) in [6.45, 7) is 0.995. The molecule has 0 aromatic heterocycles. The Morgan fingerprint density at radius 1 is 1.59 bits per heavy atom. The smallest absolute Gasteiger partial charge is 0.341 e. The molecule has 1 aromatic rings. The number of ether oxygens (including phenoxy) is 2. The van der Waals surface area contributed by atoms with E-state index in [4.69, 9.17) is 4.74 Å². The highest BCUT2D eigenvalue weighted by Gasteiger charge is 2.32. The van der Waals surface area contributed by atoms with Crippen LogP contribution < -0.4 is 4.74 Å². The molecule has 0 saturated heterocycles. The number of hydrogen-bond acceptors (Lipinski definition) is 4. The van der Waals surface area contributed by atoms with Gasteiger partial charge in [-0.3, -0.25) is 0 Å². The van der Waals surface area contributed by atoms with Gasteiger partial charge in [0.25, 0.3) is 0 Å². The summed E-state index contributed by atoms with van der Waals surface area (Å²) in [4.78, 5) is 11.2. The van der Waals surface area contributed by atoms with Gasteiger partial charge in [0.15, 0.2) is 5.60 Å². The van der Waals surface area contributed by atoms with Crippen molar-refractivity contribution in [3.63, 3.8) is 0 Å². The molecule has 1 unspecified atom stereocenters. The molecule has 0 bridgehead atoms. The van der Waals surface area contributed by atoms with Crippen molar-refractivity contribution in [2.75, 3.05) is 13.7 Å². The summed E-state index contributed by atoms with van der Waals surface area (Å²) in [5.74, 6) is -0.877. The van der Waals surface area contributed by atoms with Gasteiger partial charge in [-0.25, -0.2) is 9.18 Å². The number of benzene rings is 1. The molecule has 0 spiro atoms. The van der Waals surface area contributed by atoms with Crippen LogP contribution in [-0.2, 0) is 9.53 Å². The standard InChI is InChI=1S/C11H12BrFO4/c1-11(15,10(14)16-2)6-17-7-3-4-9(13)8(12)5-7/h3-5,15H,6H2,1-2H3. The van der Waals surface area contributed by atoms with E-state index in [2.05, 4.69) is 20.7 Å². The van der Waals surface area contributed by atoms with E-state index in [0.29, 0.717) is 5.75 Å². The Bertz CT molecular complexity index is 420. The van der Waals surface area contributed by atoms with Gasteiger partial charge < -0.3 is 14.6 Å². The van der Waals surface area contributed by atoms with Gasteiger partial charge in [-0.05, 0) is 41.1 Å². The van der Waals surface area contributed by atoms with E-state index in [9.17, 15) is 14.3 Å². The van der Waals surface area contributed by atoms with Gasteiger partial charge in [0, 0.05) is 0 Å². The van der Waals surface area contributed by atoms with Gasteiger partial charge in [-0.2, -0.15) is 0 Å². The summed E-state index contributed by atoms with van der Waals surface area (Å²) in [6, 6.07) is 4.02. The Balaban J connectivity index is 2.67. The zero-order chi connectivity index (χ0) is 13.1. The number of esters is 1. The van der Waals surface area contributed by atoms with Crippen molar-refractivity contribution in [1.82, 2.24) is 0 Å². The van der Waals surface area contributed by atoms with Crippen LogP contribution in [0.15, 0.2) is 22.7 Å². The van der Waals surface area contributed by atoms with Crippen LogP contribution in [0.5, 0.6) is 5.75 Å². The summed E-state index contributed by atoms with van der Waals surface area (Å²) >= 11 is 3.00. The zero-order valence-corrected chi connectivity index (χ0v) is 11.0. The molecule has 1 rings (SSSR count). The van der Waals surface area contributed by atoms with Crippen LogP contribution in [0.1, 0.15) is 6.92 Å². The van der Waals surface area contributed by atoms with Gasteiger partial charge >= 0.3 is 5.97 Å². The van der Waals surface area contributed by atoms with Crippen molar-refractivity contribution in [2.24, 2.45) is 0 Å². The Kier molecular flexibility index (Phi) is 4.47. The van der Waals surface area contributed by atoms with E-state index in [0.717, 1.165) is 0 Å². The monoisotopic (exact) mass is 306 g/mol. The summed E-state index contributed by atoms with van der Waals surface area (Å²) in [7, 11) is 1.17. The number of halogens is 2. The third-order valence-electron chi connectivity index (χ3n) is 2.04. The molecular weight excluding hydrogens is 295 g/mol. The maximum Gasteiger partial charge on any atom is 0.341 e. The highest BCUT2D eigenvalue weighted by molar-refractivity contribution is 9.10. The number of rotatable bonds is 4. The van der Waals surface area contributed by atoms with Crippen molar-refractivity contribution in [3.8, 4) is 5.75 Å². The van der Waals surface area contributed by atoms with Crippen LogP contribution in [0.4, 0.5) is 4.39 Å². The average molecular weight is 307 g/mol. The van der Waals surface area contributed by atoms with Crippen LogP contribution in [0, 0.1) is 5.82 Å². The minimum atomic E-state index is -1.74. The first-order valence-corrected chi connectivity index (χ1v) is 5.55. The first-order valence-electron chi connectivity index (χ1n) is 4.75. The highest BCUT2D eigenvalue weighted by atomic mass is 79.9. The molecule has 0 heterocycles. The molecule has 0 radical (unpaired) electrons. The molecule has 0 aliphatic rings. The second kappa shape index (κ2) is 5.46. The van der Waals surface area contributed by atoms with Crippen molar-refractivity contribution >= 4 is 21.9 Å². The topological polar surface area (TPSA) is 55.8 Å². The first kappa shape index (κ1) is 13.9. The molecule has 1 aromatic carbocycles. The van der Waals surface area contributed by atoms with Crippen LogP contribution in [0.3, 0.4) is 0 Å². The lowest BCUT2D eigenvalue weighted by molar-refractivity contribution is -0.163. The maximum absolute atomic E-state index is 12.9. The predicted octanol–water partition coefficient (Wildman–Crippen LogP) is 1.89. The van der Waals surface area contributed by atoms with E-state index < -0.39 is 17.4 Å². The second-order valence-corrected chi connectivity index (χ2v) is 4.48. The lowest BCUT2D eigenvalue weighted by Gasteiger charge is -2.20. The third kappa shape index (κ3) is 3.67. The van der Waals surface area contributed by atoms with Gasteiger partial charge in [-0.15, -0.1) is 0 Å². The lowest BCUT2D eigenvalue weighted by atomic mass is 10.1. The number of methoxy groups -OCH3 is 1. The van der Waals surface area contributed by atoms with E-state index >= 15 is 0 Å². The van der Waals surface area contributed by atoms with Gasteiger partial charge in [0.1, 0.15) is 18.2 Å². The molecular formula is C11H12BrFO4. The molecule has 0 aliphatic carbocycles.